The minimum atomic E-state index is -3.72. The van der Waals surface area contributed by atoms with Gasteiger partial charge in [-0.25, -0.2) is 13.1 Å². The van der Waals surface area contributed by atoms with Crippen molar-refractivity contribution in [2.75, 3.05) is 0 Å². The lowest BCUT2D eigenvalue weighted by molar-refractivity contribution is -0.384. The van der Waals surface area contributed by atoms with Gasteiger partial charge in [0.15, 0.2) is 4.34 Å². The predicted octanol–water partition coefficient (Wildman–Crippen LogP) is 2.39. The van der Waals surface area contributed by atoms with Crippen LogP contribution in [0.3, 0.4) is 0 Å². The fraction of sp³-hybridized carbons (Fsp3) is 0.556. The van der Waals surface area contributed by atoms with Crippen molar-refractivity contribution in [1.82, 2.24) is 4.72 Å². The second-order valence-corrected chi connectivity index (χ2v) is 7.82. The van der Waals surface area contributed by atoms with Crippen LogP contribution in [0.15, 0.2) is 10.3 Å². The zero-order valence-corrected chi connectivity index (χ0v) is 11.8. The first-order valence-corrected chi connectivity index (χ1v) is 7.95. The van der Waals surface area contributed by atoms with Crippen molar-refractivity contribution in [3.05, 3.63) is 20.5 Å². The van der Waals surface area contributed by atoms with Crippen molar-refractivity contribution in [3.63, 3.8) is 0 Å². The van der Waals surface area contributed by atoms with Crippen LogP contribution >= 0.6 is 22.9 Å². The minimum Gasteiger partial charge on any atom is -0.258 e. The maximum atomic E-state index is 12.0. The average Bonchev–Trinajstić information content (AvgIpc) is 3.00. The molecule has 1 fully saturated rings. The number of rotatable bonds is 5. The molecule has 0 radical (unpaired) electrons. The highest BCUT2D eigenvalue weighted by Gasteiger charge is 2.33. The van der Waals surface area contributed by atoms with E-state index in [1.165, 1.54) is 0 Å². The van der Waals surface area contributed by atoms with E-state index in [0.29, 0.717) is 17.3 Å². The molecule has 1 heterocycles. The van der Waals surface area contributed by atoms with Crippen LogP contribution in [0.2, 0.25) is 4.34 Å². The summed E-state index contributed by atoms with van der Waals surface area (Å²) in [5.74, 6) is 0.366. The molecule has 0 aromatic carbocycles. The fourth-order valence-corrected chi connectivity index (χ4v) is 4.58. The van der Waals surface area contributed by atoms with Crippen LogP contribution in [0.4, 0.5) is 5.69 Å². The van der Waals surface area contributed by atoms with Gasteiger partial charge in [0.05, 0.1) is 4.92 Å². The largest absolute Gasteiger partial charge is 0.300 e. The normalized spacial score (nSPS) is 17.7. The minimum absolute atomic E-state index is 0.119. The molecule has 0 bridgehead atoms. The van der Waals surface area contributed by atoms with Crippen molar-refractivity contribution in [3.8, 4) is 0 Å². The maximum absolute atomic E-state index is 12.0. The van der Waals surface area contributed by atoms with Crippen molar-refractivity contribution < 1.29 is 13.3 Å². The van der Waals surface area contributed by atoms with E-state index in [2.05, 4.69) is 4.72 Å². The maximum Gasteiger partial charge on any atom is 0.300 e. The van der Waals surface area contributed by atoms with Gasteiger partial charge < -0.3 is 0 Å². The van der Waals surface area contributed by atoms with Gasteiger partial charge in [-0.3, -0.25) is 10.1 Å². The first-order chi connectivity index (χ1) is 8.31. The highest BCUT2D eigenvalue weighted by atomic mass is 35.5. The molecule has 1 atom stereocenters. The Kier molecular flexibility index (Phi) is 3.63. The highest BCUT2D eigenvalue weighted by molar-refractivity contribution is 7.91. The summed E-state index contributed by atoms with van der Waals surface area (Å²) >= 11 is 6.34. The van der Waals surface area contributed by atoms with Crippen LogP contribution in [-0.2, 0) is 10.0 Å². The topological polar surface area (TPSA) is 89.3 Å². The Balaban J connectivity index is 2.23. The molecule has 1 aliphatic rings. The first-order valence-electron chi connectivity index (χ1n) is 5.27. The Hall–Kier alpha value is -0.700. The molecule has 0 saturated heterocycles. The third-order valence-corrected chi connectivity index (χ3v) is 6.15. The number of nitrogens with one attached hydrogen (secondary N) is 1. The Morgan fingerprint density at radius 3 is 2.67 bits per heavy atom. The van der Waals surface area contributed by atoms with Crippen LogP contribution < -0.4 is 4.72 Å². The molecule has 6 nitrogen and oxygen atoms in total. The third kappa shape index (κ3) is 2.82. The van der Waals surface area contributed by atoms with Crippen LogP contribution in [0.1, 0.15) is 19.8 Å². The van der Waals surface area contributed by atoms with Gasteiger partial charge in [0.1, 0.15) is 4.21 Å². The SMILES string of the molecule is CC(NS(=O)(=O)c1cc([N+](=O)[O-])c(Cl)s1)C1CC1. The lowest BCUT2D eigenvalue weighted by Gasteiger charge is -2.11. The number of sulfonamides is 1. The Morgan fingerprint density at radius 1 is 1.61 bits per heavy atom. The lowest BCUT2D eigenvalue weighted by Crippen LogP contribution is -2.33. The number of nitro groups is 1. The van der Waals surface area contributed by atoms with E-state index in [1.807, 2.05) is 0 Å². The zero-order chi connectivity index (χ0) is 13.5. The number of hydrogen-bond donors (Lipinski definition) is 1. The summed E-state index contributed by atoms with van der Waals surface area (Å²) in [4.78, 5) is 9.92. The quantitative estimate of drug-likeness (QED) is 0.668. The second-order valence-electron chi connectivity index (χ2n) is 4.23. The molecule has 1 unspecified atom stereocenters. The number of thiophene rings is 1. The van der Waals surface area contributed by atoms with Crippen molar-refractivity contribution >= 4 is 38.6 Å². The standard InChI is InChI=1S/C9H11ClN2O4S2/c1-5(6-2-3-6)11-18(15,16)8-4-7(12(13)14)9(10)17-8/h4-6,11H,2-3H2,1H3. The number of nitrogens with zero attached hydrogens (tertiary/aromatic N) is 1. The molecule has 0 amide bonds. The Labute approximate surface area is 113 Å². The zero-order valence-electron chi connectivity index (χ0n) is 9.42. The van der Waals surface area contributed by atoms with E-state index >= 15 is 0 Å². The molecular formula is C9H11ClN2O4S2. The van der Waals surface area contributed by atoms with Gasteiger partial charge in [-0.05, 0) is 25.7 Å². The number of hydrogen-bond acceptors (Lipinski definition) is 5. The van der Waals surface area contributed by atoms with Crippen LogP contribution in [0, 0.1) is 16.0 Å². The van der Waals surface area contributed by atoms with E-state index in [1.54, 1.807) is 6.92 Å². The van der Waals surface area contributed by atoms with Crippen molar-refractivity contribution in [1.29, 1.82) is 0 Å². The molecular weight excluding hydrogens is 300 g/mol. The van der Waals surface area contributed by atoms with Gasteiger partial charge in [-0.1, -0.05) is 11.6 Å². The van der Waals surface area contributed by atoms with Crippen molar-refractivity contribution in [2.24, 2.45) is 5.92 Å². The molecule has 1 N–H and O–H groups in total. The summed E-state index contributed by atoms with van der Waals surface area (Å²) in [5, 5.41) is 10.6. The summed E-state index contributed by atoms with van der Waals surface area (Å²) in [6.07, 6.45) is 2.02. The van der Waals surface area contributed by atoms with Gasteiger partial charge in [0.25, 0.3) is 15.7 Å². The van der Waals surface area contributed by atoms with E-state index in [-0.39, 0.29) is 20.3 Å². The van der Waals surface area contributed by atoms with E-state index in [9.17, 15) is 18.5 Å². The summed E-state index contributed by atoms with van der Waals surface area (Å²) in [7, 11) is -3.72. The first kappa shape index (κ1) is 13.7. The molecule has 9 heteroatoms. The fourth-order valence-electron chi connectivity index (χ4n) is 1.59. The van der Waals surface area contributed by atoms with Gasteiger partial charge in [-0.2, -0.15) is 0 Å². The van der Waals surface area contributed by atoms with Crippen LogP contribution in [0.5, 0.6) is 0 Å². The molecule has 18 heavy (non-hydrogen) atoms. The molecule has 0 spiro atoms. The molecule has 2 rings (SSSR count). The van der Waals surface area contributed by atoms with Gasteiger partial charge >= 0.3 is 0 Å². The van der Waals surface area contributed by atoms with Gasteiger partial charge in [0.2, 0.25) is 0 Å². The molecule has 1 aromatic heterocycles. The van der Waals surface area contributed by atoms with E-state index in [4.69, 9.17) is 11.6 Å². The Morgan fingerprint density at radius 2 is 2.22 bits per heavy atom. The van der Waals surface area contributed by atoms with Crippen molar-refractivity contribution in [2.45, 2.75) is 30.0 Å². The Bertz CT molecular complexity index is 579. The monoisotopic (exact) mass is 310 g/mol. The average molecular weight is 311 g/mol. The van der Waals surface area contributed by atoms with E-state index in [0.717, 1.165) is 18.9 Å². The summed E-state index contributed by atoms with van der Waals surface area (Å²) in [6.45, 7) is 1.79. The summed E-state index contributed by atoms with van der Waals surface area (Å²) in [5.41, 5.74) is -0.374. The van der Waals surface area contributed by atoms with Gasteiger partial charge in [0, 0.05) is 12.1 Å². The third-order valence-electron chi connectivity index (χ3n) is 2.78. The molecule has 1 aromatic rings. The van der Waals surface area contributed by atoms with Crippen LogP contribution in [0.25, 0.3) is 0 Å². The summed E-state index contributed by atoms with van der Waals surface area (Å²) in [6, 6.07) is 0.838. The summed E-state index contributed by atoms with van der Waals surface area (Å²) < 4.78 is 26.2. The molecule has 1 saturated carbocycles. The molecule has 0 aliphatic heterocycles. The predicted molar refractivity (Wildman–Crippen MR) is 68.5 cm³/mol. The molecule has 100 valence electrons. The lowest BCUT2D eigenvalue weighted by atomic mass is 10.2. The van der Waals surface area contributed by atoms with Crippen LogP contribution in [-0.4, -0.2) is 19.4 Å². The number of halogens is 1. The highest BCUT2D eigenvalue weighted by Crippen LogP contribution is 2.37. The molecule has 1 aliphatic carbocycles. The van der Waals surface area contributed by atoms with Gasteiger partial charge in [-0.15, -0.1) is 11.3 Å². The second kappa shape index (κ2) is 4.76. The van der Waals surface area contributed by atoms with E-state index < -0.39 is 14.9 Å². The smallest absolute Gasteiger partial charge is 0.258 e.